The first kappa shape index (κ1) is 17.0. The van der Waals surface area contributed by atoms with Gasteiger partial charge in [0.1, 0.15) is 5.75 Å². The number of ether oxygens (including phenoxy) is 2. The Morgan fingerprint density at radius 1 is 0.759 bits per heavy atom. The lowest BCUT2D eigenvalue weighted by atomic mass is 10.0. The second kappa shape index (κ2) is 7.13. The highest BCUT2D eigenvalue weighted by Crippen LogP contribution is 2.40. The summed E-state index contributed by atoms with van der Waals surface area (Å²) in [5.74, 6) is 1.51. The number of fused-ring (bicyclic) bond motifs is 3. The number of carbonyl (C=O) groups is 1. The third kappa shape index (κ3) is 3.08. The summed E-state index contributed by atoms with van der Waals surface area (Å²) < 4.78 is 11.5. The number of nitrogens with zero attached hydrogens (tertiary/aromatic N) is 1. The summed E-state index contributed by atoms with van der Waals surface area (Å²) >= 11 is 0. The van der Waals surface area contributed by atoms with Crippen LogP contribution in [-0.2, 0) is 4.79 Å². The summed E-state index contributed by atoms with van der Waals surface area (Å²) in [6, 6.07) is 23.7. The first-order chi connectivity index (χ1) is 14.3. The third-order valence-corrected chi connectivity index (χ3v) is 4.90. The molecule has 0 spiro atoms. The zero-order chi connectivity index (χ0) is 19.6. The normalized spacial score (nSPS) is 10.9. The van der Waals surface area contributed by atoms with E-state index in [1.54, 1.807) is 24.5 Å². The van der Waals surface area contributed by atoms with Crippen LogP contribution in [0.3, 0.4) is 0 Å². The molecule has 5 aromatic rings. The van der Waals surface area contributed by atoms with Crippen LogP contribution < -0.4 is 9.47 Å². The molecule has 0 amide bonds. The average molecular weight is 380 g/mol. The second-order valence-electron chi connectivity index (χ2n) is 6.61. The van der Waals surface area contributed by atoms with Crippen molar-refractivity contribution in [2.24, 2.45) is 0 Å². The number of aromatic nitrogens is 2. The number of nitrogens with one attached hydrogen (secondary N) is 1. The number of benzene rings is 4. The molecule has 1 aromatic heterocycles. The number of rotatable bonds is 5. The molecule has 5 nitrogen and oxygen atoms in total. The number of carbonyl (C=O) groups excluding carboxylic acids is 1. The Bertz CT molecular complexity index is 1330. The van der Waals surface area contributed by atoms with Gasteiger partial charge in [0, 0.05) is 17.1 Å². The molecule has 140 valence electrons. The molecule has 5 rings (SSSR count). The third-order valence-electron chi connectivity index (χ3n) is 4.90. The highest BCUT2D eigenvalue weighted by molar-refractivity contribution is 6.10. The molecular formula is C24H16N2O3. The molecule has 0 radical (unpaired) electrons. The van der Waals surface area contributed by atoms with Gasteiger partial charge in [0.2, 0.25) is 0 Å². The molecule has 1 N–H and O–H groups in total. The molecule has 0 saturated carbocycles. The number of aromatic amines is 1. The van der Waals surface area contributed by atoms with E-state index in [0.717, 1.165) is 32.7 Å². The van der Waals surface area contributed by atoms with E-state index in [-0.39, 0.29) is 0 Å². The number of H-pyrrole nitrogens is 1. The quantitative estimate of drug-likeness (QED) is 0.313. The van der Waals surface area contributed by atoms with Gasteiger partial charge in [0.15, 0.2) is 11.5 Å². The predicted octanol–water partition coefficient (Wildman–Crippen LogP) is 5.71. The average Bonchev–Trinajstić information content (AvgIpc) is 3.30. The summed E-state index contributed by atoms with van der Waals surface area (Å²) in [5, 5.41) is 11.1. The van der Waals surface area contributed by atoms with Crippen molar-refractivity contribution < 1.29 is 14.3 Å². The largest absolute Gasteiger partial charge is 0.453 e. The maximum absolute atomic E-state index is 11.1. The van der Waals surface area contributed by atoms with Crippen LogP contribution in [0.15, 0.2) is 85.2 Å². The van der Waals surface area contributed by atoms with Gasteiger partial charge >= 0.3 is 0 Å². The standard InChI is InChI=1S/C24H16N2O3/c27-15-28-24-11-16(18-13-25-26-14-18)9-10-22(24)29-23-12-17-5-1-2-6-19(17)20-7-3-4-8-21(20)23/h1-15H,(H,25,26). The van der Waals surface area contributed by atoms with Gasteiger partial charge in [-0.2, -0.15) is 5.10 Å². The molecule has 0 atom stereocenters. The molecule has 0 unspecified atom stereocenters. The zero-order valence-electron chi connectivity index (χ0n) is 15.3. The molecular weight excluding hydrogens is 364 g/mol. The molecule has 0 aliphatic rings. The van der Waals surface area contributed by atoms with Gasteiger partial charge in [-0.1, -0.05) is 54.6 Å². The summed E-state index contributed by atoms with van der Waals surface area (Å²) in [6.45, 7) is 0.403. The van der Waals surface area contributed by atoms with E-state index in [2.05, 4.69) is 28.4 Å². The summed E-state index contributed by atoms with van der Waals surface area (Å²) in [6.07, 6.45) is 3.48. The van der Waals surface area contributed by atoms with Gasteiger partial charge in [-0.25, -0.2) is 0 Å². The van der Waals surface area contributed by atoms with Crippen molar-refractivity contribution >= 4 is 28.0 Å². The van der Waals surface area contributed by atoms with E-state index in [9.17, 15) is 4.79 Å². The van der Waals surface area contributed by atoms with E-state index >= 15 is 0 Å². The van der Waals surface area contributed by atoms with Crippen LogP contribution in [0.5, 0.6) is 17.2 Å². The summed E-state index contributed by atoms with van der Waals surface area (Å²) in [4.78, 5) is 11.1. The van der Waals surface area contributed by atoms with Crippen LogP contribution in [0.1, 0.15) is 0 Å². The monoisotopic (exact) mass is 380 g/mol. The zero-order valence-corrected chi connectivity index (χ0v) is 15.3. The molecule has 5 heteroatoms. The number of hydrogen-bond donors (Lipinski definition) is 1. The molecule has 0 bridgehead atoms. The van der Waals surface area contributed by atoms with Crippen LogP contribution in [0.25, 0.3) is 32.7 Å². The highest BCUT2D eigenvalue weighted by atomic mass is 16.5. The lowest BCUT2D eigenvalue weighted by Gasteiger charge is -2.14. The van der Waals surface area contributed by atoms with Crippen LogP contribution in [0.4, 0.5) is 0 Å². The van der Waals surface area contributed by atoms with Crippen LogP contribution in [-0.4, -0.2) is 16.7 Å². The Morgan fingerprint density at radius 2 is 1.55 bits per heavy atom. The Morgan fingerprint density at radius 3 is 2.34 bits per heavy atom. The van der Waals surface area contributed by atoms with Gasteiger partial charge < -0.3 is 9.47 Å². The minimum Gasteiger partial charge on any atom is -0.453 e. The smallest absolute Gasteiger partial charge is 0.298 e. The van der Waals surface area contributed by atoms with Crippen molar-refractivity contribution in [2.75, 3.05) is 0 Å². The van der Waals surface area contributed by atoms with Gasteiger partial charge in [-0.3, -0.25) is 9.89 Å². The maximum Gasteiger partial charge on any atom is 0.298 e. The summed E-state index contributed by atoms with van der Waals surface area (Å²) in [7, 11) is 0. The molecule has 29 heavy (non-hydrogen) atoms. The van der Waals surface area contributed by atoms with Crippen molar-refractivity contribution in [1.29, 1.82) is 0 Å². The van der Waals surface area contributed by atoms with E-state index in [4.69, 9.17) is 9.47 Å². The summed E-state index contributed by atoms with van der Waals surface area (Å²) in [5.41, 5.74) is 1.76. The molecule has 0 fully saturated rings. The number of hydrogen-bond acceptors (Lipinski definition) is 4. The Balaban J connectivity index is 1.64. The molecule has 0 aliphatic carbocycles. The molecule has 0 aliphatic heterocycles. The van der Waals surface area contributed by atoms with Gasteiger partial charge in [0.05, 0.1) is 6.20 Å². The van der Waals surface area contributed by atoms with Gasteiger partial charge in [0.25, 0.3) is 6.47 Å². The van der Waals surface area contributed by atoms with Crippen molar-refractivity contribution in [3.05, 3.63) is 85.2 Å². The fraction of sp³-hybridized carbons (Fsp3) is 0. The van der Waals surface area contributed by atoms with Crippen molar-refractivity contribution in [1.82, 2.24) is 10.2 Å². The van der Waals surface area contributed by atoms with E-state index < -0.39 is 0 Å². The lowest BCUT2D eigenvalue weighted by molar-refractivity contribution is -0.120. The molecule has 4 aromatic carbocycles. The van der Waals surface area contributed by atoms with E-state index in [1.165, 1.54) is 0 Å². The van der Waals surface area contributed by atoms with Crippen LogP contribution in [0.2, 0.25) is 0 Å². The second-order valence-corrected chi connectivity index (χ2v) is 6.61. The van der Waals surface area contributed by atoms with Gasteiger partial charge in [-0.05, 0) is 39.9 Å². The van der Waals surface area contributed by atoms with Crippen molar-refractivity contribution in [2.45, 2.75) is 0 Å². The predicted molar refractivity (Wildman–Crippen MR) is 112 cm³/mol. The Kier molecular flexibility index (Phi) is 4.18. The molecule has 1 heterocycles. The van der Waals surface area contributed by atoms with E-state index in [0.29, 0.717) is 23.7 Å². The van der Waals surface area contributed by atoms with E-state index in [1.807, 2.05) is 42.5 Å². The van der Waals surface area contributed by atoms with Crippen LogP contribution in [0, 0.1) is 0 Å². The highest BCUT2D eigenvalue weighted by Gasteiger charge is 2.13. The first-order valence-electron chi connectivity index (χ1n) is 9.15. The Hall–Kier alpha value is -4.12. The van der Waals surface area contributed by atoms with Crippen LogP contribution >= 0.6 is 0 Å². The fourth-order valence-electron chi connectivity index (χ4n) is 3.55. The minimum absolute atomic E-state index is 0.343. The fourth-order valence-corrected chi connectivity index (χ4v) is 3.55. The minimum atomic E-state index is 0.343. The SMILES string of the molecule is O=COc1cc(-c2cn[nH]c2)ccc1Oc1cc2ccccc2c2ccccc12. The van der Waals surface area contributed by atoms with Gasteiger partial charge in [-0.15, -0.1) is 0 Å². The van der Waals surface area contributed by atoms with Crippen molar-refractivity contribution in [3.63, 3.8) is 0 Å². The topological polar surface area (TPSA) is 64.2 Å². The van der Waals surface area contributed by atoms with Crippen molar-refractivity contribution in [3.8, 4) is 28.4 Å². The lowest BCUT2D eigenvalue weighted by Crippen LogP contribution is -1.95. The maximum atomic E-state index is 11.1. The Labute approximate surface area is 166 Å². The molecule has 0 saturated heterocycles. The first-order valence-corrected chi connectivity index (χ1v) is 9.15.